The van der Waals surface area contributed by atoms with Crippen molar-refractivity contribution in [3.05, 3.63) is 41.5 Å². The number of carboxylic acids is 1. The molecule has 1 fully saturated rings. The van der Waals surface area contributed by atoms with E-state index in [1.54, 1.807) is 0 Å². The summed E-state index contributed by atoms with van der Waals surface area (Å²) in [6.45, 7) is 0. The Labute approximate surface area is 133 Å². The number of carboxylic acid groups (broad SMARTS) is 1. The van der Waals surface area contributed by atoms with Gasteiger partial charge in [-0.15, -0.1) is 0 Å². The molecule has 0 saturated carbocycles. The van der Waals surface area contributed by atoms with Gasteiger partial charge in [0.25, 0.3) is 5.91 Å². The molecule has 1 aliphatic heterocycles. The minimum atomic E-state index is -1.01. The number of ether oxygens (including phenoxy) is 1. The average molecular weight is 311 g/mol. The van der Waals surface area contributed by atoms with E-state index in [9.17, 15) is 9.59 Å². The summed E-state index contributed by atoms with van der Waals surface area (Å²) < 4.78 is 5.32. The van der Waals surface area contributed by atoms with E-state index >= 15 is 0 Å². The molecule has 0 spiro atoms. The Morgan fingerprint density at radius 1 is 1.04 bits per heavy atom. The number of hydrogen-bond acceptors (Lipinski definition) is 3. The molecule has 118 valence electrons. The largest absolute Gasteiger partial charge is 0.479 e. The maximum atomic E-state index is 12.4. The predicted octanol–water partition coefficient (Wildman–Crippen LogP) is 2.51. The molecule has 4 rings (SSSR count). The number of aliphatic carboxylic acids is 1. The molecule has 2 atom stereocenters. The molecule has 1 saturated heterocycles. The quantitative estimate of drug-likeness (QED) is 0.913. The van der Waals surface area contributed by atoms with Gasteiger partial charge in [0, 0.05) is 11.1 Å². The minimum absolute atomic E-state index is 0.271. The minimum Gasteiger partial charge on any atom is -0.479 e. The Balaban J connectivity index is 1.59. The van der Waals surface area contributed by atoms with Crippen molar-refractivity contribution >= 4 is 28.3 Å². The molecule has 1 amide bonds. The standard InChI is InChI=1S/C18H17NO4/c20-17(14-8-9-15(23-14)18(21)22)19-13-7-6-11-5-4-10-2-1-3-12(13)16(10)11/h1-3,6-7,14-15H,4-5,8-9H2,(H,19,20)(H,21,22)/t14-,15+/m0/s1. The maximum Gasteiger partial charge on any atom is 0.332 e. The third-order valence-electron chi connectivity index (χ3n) is 4.72. The number of aryl methyl sites for hydroxylation is 2. The number of anilines is 1. The van der Waals surface area contributed by atoms with Crippen molar-refractivity contribution in [1.82, 2.24) is 0 Å². The van der Waals surface area contributed by atoms with E-state index in [2.05, 4.69) is 17.4 Å². The van der Waals surface area contributed by atoms with Gasteiger partial charge in [0.15, 0.2) is 6.10 Å². The number of hydrogen-bond donors (Lipinski definition) is 2. The van der Waals surface area contributed by atoms with Gasteiger partial charge in [-0.1, -0.05) is 24.3 Å². The van der Waals surface area contributed by atoms with Crippen LogP contribution < -0.4 is 5.32 Å². The molecule has 2 aliphatic rings. The molecule has 2 N–H and O–H groups in total. The van der Waals surface area contributed by atoms with Gasteiger partial charge in [0.1, 0.15) is 6.10 Å². The molecule has 23 heavy (non-hydrogen) atoms. The number of carbonyl (C=O) groups is 2. The van der Waals surface area contributed by atoms with E-state index in [1.165, 1.54) is 16.5 Å². The molecule has 0 bridgehead atoms. The SMILES string of the molecule is O=C(Nc1ccc2c3c(cccc13)CC2)[C@@H]1CC[C@H](C(=O)O)O1. The first kappa shape index (κ1) is 14.2. The summed E-state index contributed by atoms with van der Waals surface area (Å²) in [7, 11) is 0. The van der Waals surface area contributed by atoms with Gasteiger partial charge < -0.3 is 15.2 Å². The highest BCUT2D eigenvalue weighted by molar-refractivity contribution is 6.06. The average Bonchev–Trinajstić information content (AvgIpc) is 3.18. The molecule has 0 aromatic heterocycles. The van der Waals surface area contributed by atoms with Crippen molar-refractivity contribution < 1.29 is 19.4 Å². The van der Waals surface area contributed by atoms with Crippen LogP contribution in [0.5, 0.6) is 0 Å². The molecular weight excluding hydrogens is 294 g/mol. The third kappa shape index (κ3) is 2.37. The first-order chi connectivity index (χ1) is 11.1. The fraction of sp³-hybridized carbons (Fsp3) is 0.333. The third-order valence-corrected chi connectivity index (χ3v) is 4.72. The first-order valence-electron chi connectivity index (χ1n) is 7.86. The summed E-state index contributed by atoms with van der Waals surface area (Å²) in [5.74, 6) is -1.28. The Hall–Kier alpha value is -2.40. The zero-order valence-corrected chi connectivity index (χ0v) is 12.5. The second-order valence-electron chi connectivity index (χ2n) is 6.13. The summed E-state index contributed by atoms with van der Waals surface area (Å²) in [6.07, 6.45) is 1.31. The lowest BCUT2D eigenvalue weighted by atomic mass is 10.0. The fourth-order valence-corrected chi connectivity index (χ4v) is 3.58. The topological polar surface area (TPSA) is 75.6 Å². The van der Waals surface area contributed by atoms with Crippen LogP contribution in [0.2, 0.25) is 0 Å². The Morgan fingerprint density at radius 2 is 1.78 bits per heavy atom. The second-order valence-corrected chi connectivity index (χ2v) is 6.13. The van der Waals surface area contributed by atoms with Crippen molar-refractivity contribution in [2.24, 2.45) is 0 Å². The maximum absolute atomic E-state index is 12.4. The van der Waals surface area contributed by atoms with Gasteiger partial charge in [0.05, 0.1) is 0 Å². The summed E-state index contributed by atoms with van der Waals surface area (Å²) >= 11 is 0. The van der Waals surface area contributed by atoms with Crippen molar-refractivity contribution in [2.45, 2.75) is 37.9 Å². The number of carbonyl (C=O) groups excluding carboxylic acids is 1. The van der Waals surface area contributed by atoms with Gasteiger partial charge >= 0.3 is 5.97 Å². The van der Waals surface area contributed by atoms with Gasteiger partial charge in [-0.3, -0.25) is 4.79 Å². The fourth-order valence-electron chi connectivity index (χ4n) is 3.58. The van der Waals surface area contributed by atoms with Crippen molar-refractivity contribution in [2.75, 3.05) is 5.32 Å². The molecule has 1 heterocycles. The number of nitrogens with one attached hydrogen (secondary N) is 1. The Bertz CT molecular complexity index is 804. The van der Waals surface area contributed by atoms with Crippen LogP contribution in [0.1, 0.15) is 24.0 Å². The van der Waals surface area contributed by atoms with E-state index in [4.69, 9.17) is 9.84 Å². The monoisotopic (exact) mass is 311 g/mol. The lowest BCUT2D eigenvalue weighted by molar-refractivity contribution is -0.150. The number of benzene rings is 2. The zero-order valence-electron chi connectivity index (χ0n) is 12.5. The van der Waals surface area contributed by atoms with E-state index < -0.39 is 18.2 Å². The van der Waals surface area contributed by atoms with Gasteiger partial charge in [-0.25, -0.2) is 4.79 Å². The molecule has 0 unspecified atom stereocenters. The zero-order chi connectivity index (χ0) is 16.0. The Morgan fingerprint density at radius 3 is 2.52 bits per heavy atom. The summed E-state index contributed by atoms with van der Waals surface area (Å²) in [5.41, 5.74) is 3.40. The molecule has 0 radical (unpaired) electrons. The molecule has 2 aromatic rings. The van der Waals surface area contributed by atoms with Gasteiger partial charge in [0.2, 0.25) is 0 Å². The highest BCUT2D eigenvalue weighted by Gasteiger charge is 2.34. The summed E-state index contributed by atoms with van der Waals surface area (Å²) in [5, 5.41) is 14.1. The first-order valence-corrected chi connectivity index (χ1v) is 7.86. The van der Waals surface area contributed by atoms with E-state index in [1.807, 2.05) is 18.2 Å². The predicted molar refractivity (Wildman–Crippen MR) is 85.5 cm³/mol. The van der Waals surface area contributed by atoms with Crippen LogP contribution in [0.25, 0.3) is 10.8 Å². The lowest BCUT2D eigenvalue weighted by Crippen LogP contribution is -2.30. The van der Waals surface area contributed by atoms with Crippen LogP contribution in [0.4, 0.5) is 5.69 Å². The molecule has 5 heteroatoms. The lowest BCUT2D eigenvalue weighted by Gasteiger charge is -2.14. The van der Waals surface area contributed by atoms with Crippen LogP contribution in [-0.2, 0) is 27.2 Å². The summed E-state index contributed by atoms with van der Waals surface area (Å²) in [4.78, 5) is 23.3. The normalized spacial score (nSPS) is 22.4. The van der Waals surface area contributed by atoms with Crippen LogP contribution in [0.3, 0.4) is 0 Å². The van der Waals surface area contributed by atoms with E-state index in [0.717, 1.165) is 23.9 Å². The van der Waals surface area contributed by atoms with Crippen molar-refractivity contribution in [1.29, 1.82) is 0 Å². The van der Waals surface area contributed by atoms with Crippen LogP contribution in [-0.4, -0.2) is 29.2 Å². The van der Waals surface area contributed by atoms with Gasteiger partial charge in [-0.05, 0) is 48.3 Å². The highest BCUT2D eigenvalue weighted by atomic mass is 16.5. The van der Waals surface area contributed by atoms with Crippen molar-refractivity contribution in [3.63, 3.8) is 0 Å². The number of rotatable bonds is 3. The molecule has 2 aromatic carbocycles. The second kappa shape index (κ2) is 5.35. The van der Waals surface area contributed by atoms with E-state index in [-0.39, 0.29) is 5.91 Å². The molecule has 5 nitrogen and oxygen atoms in total. The Kier molecular flexibility index (Phi) is 3.31. The number of amides is 1. The molecule has 1 aliphatic carbocycles. The highest BCUT2D eigenvalue weighted by Crippen LogP contribution is 2.35. The van der Waals surface area contributed by atoms with Crippen LogP contribution in [0, 0.1) is 0 Å². The molecular formula is C18H17NO4. The van der Waals surface area contributed by atoms with Crippen molar-refractivity contribution in [3.8, 4) is 0 Å². The van der Waals surface area contributed by atoms with Crippen LogP contribution >= 0.6 is 0 Å². The van der Waals surface area contributed by atoms with E-state index in [0.29, 0.717) is 12.8 Å². The van der Waals surface area contributed by atoms with Crippen LogP contribution in [0.15, 0.2) is 30.3 Å². The smallest absolute Gasteiger partial charge is 0.332 e. The van der Waals surface area contributed by atoms with Gasteiger partial charge in [-0.2, -0.15) is 0 Å². The summed E-state index contributed by atoms with van der Waals surface area (Å²) in [6, 6.07) is 10.1.